The molecule has 0 atom stereocenters. The SMILES string of the molecule is N#Cc1cccn(Cc2ccccn2)c1=O. The maximum absolute atomic E-state index is 11.7. The van der Waals surface area contributed by atoms with Gasteiger partial charge in [0.15, 0.2) is 0 Å². The first-order valence-corrected chi connectivity index (χ1v) is 4.81. The molecule has 0 unspecified atom stereocenters. The summed E-state index contributed by atoms with van der Waals surface area (Å²) < 4.78 is 1.47. The molecule has 0 aliphatic heterocycles. The summed E-state index contributed by atoms with van der Waals surface area (Å²) in [5.41, 5.74) is 0.661. The third-order valence-corrected chi connectivity index (χ3v) is 2.20. The van der Waals surface area contributed by atoms with E-state index in [2.05, 4.69) is 4.98 Å². The standard InChI is InChI=1S/C12H9N3O/c13-8-10-4-3-7-15(12(10)16)9-11-5-1-2-6-14-11/h1-7H,9H2. The average Bonchev–Trinajstić information content (AvgIpc) is 2.33. The van der Waals surface area contributed by atoms with E-state index in [1.807, 2.05) is 24.3 Å². The quantitative estimate of drug-likeness (QED) is 0.749. The summed E-state index contributed by atoms with van der Waals surface area (Å²) in [6.07, 6.45) is 3.33. The average molecular weight is 211 g/mol. The van der Waals surface area contributed by atoms with Crippen LogP contribution in [0.5, 0.6) is 0 Å². The first-order valence-electron chi connectivity index (χ1n) is 4.81. The summed E-state index contributed by atoms with van der Waals surface area (Å²) in [7, 11) is 0. The smallest absolute Gasteiger partial charge is 0.268 e. The Balaban J connectivity index is 2.37. The maximum atomic E-state index is 11.7. The van der Waals surface area contributed by atoms with Gasteiger partial charge in [-0.25, -0.2) is 0 Å². The molecule has 0 fully saturated rings. The molecular formula is C12H9N3O. The van der Waals surface area contributed by atoms with Crippen LogP contribution in [0.2, 0.25) is 0 Å². The van der Waals surface area contributed by atoms with Crippen LogP contribution in [0.25, 0.3) is 0 Å². The molecule has 0 amide bonds. The lowest BCUT2D eigenvalue weighted by molar-refractivity contribution is 0.737. The van der Waals surface area contributed by atoms with E-state index in [0.717, 1.165) is 5.69 Å². The van der Waals surface area contributed by atoms with Crippen LogP contribution in [0.1, 0.15) is 11.3 Å². The van der Waals surface area contributed by atoms with Crippen molar-refractivity contribution in [3.63, 3.8) is 0 Å². The van der Waals surface area contributed by atoms with Gasteiger partial charge in [0.05, 0.1) is 12.2 Å². The number of hydrogen-bond acceptors (Lipinski definition) is 3. The van der Waals surface area contributed by atoms with Gasteiger partial charge in [0.25, 0.3) is 5.56 Å². The van der Waals surface area contributed by atoms with Crippen molar-refractivity contribution < 1.29 is 0 Å². The molecule has 78 valence electrons. The van der Waals surface area contributed by atoms with E-state index >= 15 is 0 Å². The molecular weight excluding hydrogens is 202 g/mol. The molecule has 0 aromatic carbocycles. The zero-order valence-electron chi connectivity index (χ0n) is 8.50. The van der Waals surface area contributed by atoms with E-state index in [1.165, 1.54) is 10.6 Å². The van der Waals surface area contributed by atoms with Crippen LogP contribution < -0.4 is 5.56 Å². The minimum absolute atomic E-state index is 0.151. The second-order valence-corrected chi connectivity index (χ2v) is 3.29. The largest absolute Gasteiger partial charge is 0.308 e. The molecule has 0 N–H and O–H groups in total. The van der Waals surface area contributed by atoms with Gasteiger partial charge < -0.3 is 4.57 Å². The lowest BCUT2D eigenvalue weighted by Crippen LogP contribution is -2.22. The highest BCUT2D eigenvalue weighted by molar-refractivity contribution is 5.25. The highest BCUT2D eigenvalue weighted by Gasteiger charge is 2.02. The van der Waals surface area contributed by atoms with Crippen molar-refractivity contribution in [2.75, 3.05) is 0 Å². The van der Waals surface area contributed by atoms with Crippen molar-refractivity contribution in [2.24, 2.45) is 0 Å². The van der Waals surface area contributed by atoms with Gasteiger partial charge in [0.2, 0.25) is 0 Å². The van der Waals surface area contributed by atoms with Crippen molar-refractivity contribution in [1.29, 1.82) is 5.26 Å². The molecule has 4 nitrogen and oxygen atoms in total. The molecule has 0 aliphatic rings. The van der Waals surface area contributed by atoms with Crippen molar-refractivity contribution in [1.82, 2.24) is 9.55 Å². The highest BCUT2D eigenvalue weighted by Crippen LogP contribution is 1.97. The third-order valence-electron chi connectivity index (χ3n) is 2.20. The summed E-state index contributed by atoms with van der Waals surface area (Å²) in [5.74, 6) is 0. The Morgan fingerprint density at radius 2 is 2.19 bits per heavy atom. The maximum Gasteiger partial charge on any atom is 0.268 e. The second-order valence-electron chi connectivity index (χ2n) is 3.29. The minimum atomic E-state index is -0.282. The fourth-order valence-corrected chi connectivity index (χ4v) is 1.41. The van der Waals surface area contributed by atoms with Crippen molar-refractivity contribution in [2.45, 2.75) is 6.54 Å². The number of aromatic nitrogens is 2. The number of pyridine rings is 2. The summed E-state index contributed by atoms with van der Waals surface area (Å²) >= 11 is 0. The Labute approximate surface area is 92.4 Å². The van der Waals surface area contributed by atoms with Gasteiger partial charge in [0, 0.05) is 12.4 Å². The molecule has 0 saturated heterocycles. The Bertz CT molecular complexity index is 581. The van der Waals surface area contributed by atoms with Crippen LogP contribution in [-0.2, 0) is 6.54 Å². The van der Waals surface area contributed by atoms with E-state index < -0.39 is 0 Å². The topological polar surface area (TPSA) is 58.7 Å². The van der Waals surface area contributed by atoms with Gasteiger partial charge in [-0.15, -0.1) is 0 Å². The van der Waals surface area contributed by atoms with Crippen molar-refractivity contribution in [3.05, 3.63) is 64.3 Å². The van der Waals surface area contributed by atoms with Crippen LogP contribution in [0.15, 0.2) is 47.5 Å². The zero-order chi connectivity index (χ0) is 11.4. The summed E-state index contributed by atoms with van der Waals surface area (Å²) in [6, 6.07) is 10.6. The molecule has 2 rings (SSSR count). The Morgan fingerprint density at radius 1 is 1.31 bits per heavy atom. The molecule has 0 saturated carbocycles. The van der Waals surface area contributed by atoms with E-state index in [1.54, 1.807) is 18.5 Å². The Morgan fingerprint density at radius 3 is 2.88 bits per heavy atom. The molecule has 0 aliphatic carbocycles. The molecule has 0 spiro atoms. The van der Waals surface area contributed by atoms with Gasteiger partial charge >= 0.3 is 0 Å². The van der Waals surface area contributed by atoms with Gasteiger partial charge in [-0.2, -0.15) is 5.26 Å². The molecule has 0 radical (unpaired) electrons. The number of rotatable bonds is 2. The molecule has 2 aromatic rings. The predicted molar refractivity (Wildman–Crippen MR) is 58.8 cm³/mol. The first kappa shape index (κ1) is 10.1. The predicted octanol–water partition coefficient (Wildman–Crippen LogP) is 1.16. The van der Waals surface area contributed by atoms with Crippen molar-refractivity contribution >= 4 is 0 Å². The van der Waals surface area contributed by atoms with E-state index in [4.69, 9.17) is 5.26 Å². The van der Waals surface area contributed by atoms with Crippen molar-refractivity contribution in [3.8, 4) is 6.07 Å². The number of hydrogen-bond donors (Lipinski definition) is 0. The van der Waals surface area contributed by atoms with E-state index in [-0.39, 0.29) is 11.1 Å². The molecule has 0 bridgehead atoms. The fraction of sp³-hybridized carbons (Fsp3) is 0.0833. The first-order chi connectivity index (χ1) is 7.81. The van der Waals surface area contributed by atoms with Gasteiger partial charge in [0.1, 0.15) is 11.6 Å². The minimum Gasteiger partial charge on any atom is -0.308 e. The van der Waals surface area contributed by atoms with Gasteiger partial charge in [-0.3, -0.25) is 9.78 Å². The van der Waals surface area contributed by atoms with Gasteiger partial charge in [-0.1, -0.05) is 6.07 Å². The lowest BCUT2D eigenvalue weighted by Gasteiger charge is -2.04. The number of nitrogens with zero attached hydrogens (tertiary/aromatic N) is 3. The molecule has 16 heavy (non-hydrogen) atoms. The van der Waals surface area contributed by atoms with E-state index in [9.17, 15) is 4.79 Å². The summed E-state index contributed by atoms with van der Waals surface area (Å²) in [6.45, 7) is 0.384. The van der Waals surface area contributed by atoms with Crippen LogP contribution >= 0.6 is 0 Å². The third kappa shape index (κ3) is 1.98. The van der Waals surface area contributed by atoms with Crippen LogP contribution in [0, 0.1) is 11.3 Å². The van der Waals surface area contributed by atoms with Crippen LogP contribution in [0.3, 0.4) is 0 Å². The summed E-state index contributed by atoms with van der Waals surface area (Å²) in [4.78, 5) is 15.8. The zero-order valence-corrected chi connectivity index (χ0v) is 8.50. The second kappa shape index (κ2) is 4.41. The van der Waals surface area contributed by atoms with Gasteiger partial charge in [-0.05, 0) is 24.3 Å². The molecule has 2 heterocycles. The Kier molecular flexibility index (Phi) is 2.79. The summed E-state index contributed by atoms with van der Waals surface area (Å²) in [5, 5.41) is 8.73. The molecule has 4 heteroatoms. The normalized spacial score (nSPS) is 9.69. The lowest BCUT2D eigenvalue weighted by atomic mass is 10.3. The monoisotopic (exact) mass is 211 g/mol. The van der Waals surface area contributed by atoms with E-state index in [0.29, 0.717) is 6.54 Å². The fourth-order valence-electron chi connectivity index (χ4n) is 1.41. The number of nitriles is 1. The van der Waals surface area contributed by atoms with Crippen LogP contribution in [0.4, 0.5) is 0 Å². The Hall–Kier alpha value is -2.41. The van der Waals surface area contributed by atoms with Crippen LogP contribution in [-0.4, -0.2) is 9.55 Å². The molecule has 2 aromatic heterocycles. The highest BCUT2D eigenvalue weighted by atomic mass is 16.1.